The molecule has 0 atom stereocenters. The van der Waals surface area contributed by atoms with Crippen LogP contribution in [0.1, 0.15) is 76.6 Å². The summed E-state index contributed by atoms with van der Waals surface area (Å²) in [6.45, 7) is 3.87. The van der Waals surface area contributed by atoms with E-state index >= 15 is 0 Å². The van der Waals surface area contributed by atoms with Gasteiger partial charge in [0.05, 0.1) is 17.7 Å². The summed E-state index contributed by atoms with van der Waals surface area (Å²) >= 11 is 0. The van der Waals surface area contributed by atoms with E-state index in [1.807, 2.05) is 0 Å². The van der Waals surface area contributed by atoms with Gasteiger partial charge in [-0.15, -0.1) is 0 Å². The number of ketones is 2. The van der Waals surface area contributed by atoms with Gasteiger partial charge in [-0.3, -0.25) is 24.0 Å². The lowest BCUT2D eigenvalue weighted by Gasteiger charge is -2.31. The van der Waals surface area contributed by atoms with Crippen LogP contribution in [0.3, 0.4) is 0 Å². The Kier molecular flexibility index (Phi) is 6.32. The Morgan fingerprint density at radius 2 is 1.41 bits per heavy atom. The monoisotopic (exact) mass is 461 g/mol. The number of hydrogen-bond donors (Lipinski definition) is 0. The van der Waals surface area contributed by atoms with Crippen LogP contribution < -0.4 is 9.47 Å². The summed E-state index contributed by atoms with van der Waals surface area (Å²) < 4.78 is 16.0. The molecule has 2 aromatic carbocycles. The Morgan fingerprint density at radius 1 is 0.853 bits per heavy atom. The van der Waals surface area contributed by atoms with Crippen LogP contribution in [0.2, 0.25) is 0 Å². The van der Waals surface area contributed by atoms with Gasteiger partial charge in [0.2, 0.25) is 0 Å². The molecule has 2 aliphatic carbocycles. The largest absolute Gasteiger partial charge is 0.466 e. The Bertz CT molecular complexity index is 1240. The highest BCUT2D eigenvalue weighted by molar-refractivity contribution is 6.31. The third kappa shape index (κ3) is 4.23. The molecule has 0 amide bonds. The molecule has 2 aliphatic rings. The summed E-state index contributed by atoms with van der Waals surface area (Å²) in [5.74, 6) is -1.97. The molecule has 0 heterocycles. The van der Waals surface area contributed by atoms with Crippen molar-refractivity contribution in [1.82, 2.24) is 0 Å². The number of benzene rings is 2. The topological polar surface area (TPSA) is 113 Å². The van der Waals surface area contributed by atoms with Crippen molar-refractivity contribution in [3.63, 3.8) is 0 Å². The molecule has 3 radical (unpaired) electrons. The van der Waals surface area contributed by atoms with Crippen molar-refractivity contribution in [2.24, 2.45) is 0 Å². The predicted octanol–water partition coefficient (Wildman–Crippen LogP) is 3.22. The number of rotatable bonds is 5. The minimum absolute atomic E-state index is 0.0431. The number of esters is 3. The van der Waals surface area contributed by atoms with E-state index in [4.69, 9.17) is 14.2 Å². The van der Waals surface area contributed by atoms with Gasteiger partial charge in [0.1, 0.15) is 11.5 Å². The van der Waals surface area contributed by atoms with Gasteiger partial charge in [-0.25, -0.2) is 0 Å². The third-order valence-electron chi connectivity index (χ3n) is 5.57. The zero-order chi connectivity index (χ0) is 24.6. The fraction of sp³-hybridized carbons (Fsp3) is 0.269. The predicted molar refractivity (Wildman–Crippen MR) is 118 cm³/mol. The standard InChI is InChI=1S/C26H21O8/c1-13(27)32-11-10-16-8-9-19-20(12-16)26(34-15(3)29)22-21(25(19)33-14(2)28)23(30)17-6-4-5-7-18(17)24(22)31/h4-7H,8,10-12H2,1-3H3. The highest BCUT2D eigenvalue weighted by atomic mass is 16.5. The Morgan fingerprint density at radius 3 is 1.97 bits per heavy atom. The zero-order valence-electron chi connectivity index (χ0n) is 18.9. The van der Waals surface area contributed by atoms with Crippen LogP contribution in [0.5, 0.6) is 11.5 Å². The number of hydrogen-bond acceptors (Lipinski definition) is 8. The summed E-state index contributed by atoms with van der Waals surface area (Å²) in [5, 5.41) is 0. The van der Waals surface area contributed by atoms with Crippen LogP contribution in [0, 0.1) is 12.3 Å². The van der Waals surface area contributed by atoms with E-state index in [2.05, 4.69) is 6.42 Å². The first kappa shape index (κ1) is 23.4. The van der Waals surface area contributed by atoms with Crippen LogP contribution in [0.15, 0.2) is 24.3 Å². The van der Waals surface area contributed by atoms with E-state index in [0.29, 0.717) is 24.0 Å². The van der Waals surface area contributed by atoms with Crippen LogP contribution in [0.4, 0.5) is 0 Å². The van der Waals surface area contributed by atoms with E-state index in [0.717, 1.165) is 5.92 Å². The van der Waals surface area contributed by atoms with E-state index in [-0.39, 0.29) is 46.8 Å². The van der Waals surface area contributed by atoms with Crippen molar-refractivity contribution >= 4 is 29.5 Å². The summed E-state index contributed by atoms with van der Waals surface area (Å²) in [4.78, 5) is 62.1. The molecule has 0 saturated carbocycles. The summed E-state index contributed by atoms with van der Waals surface area (Å²) in [7, 11) is 0. The second-order valence-corrected chi connectivity index (χ2v) is 8.02. The van der Waals surface area contributed by atoms with Crippen LogP contribution in [-0.2, 0) is 25.5 Å². The molecule has 0 fully saturated rings. The van der Waals surface area contributed by atoms with Crippen LogP contribution in [0.25, 0.3) is 0 Å². The molecule has 8 nitrogen and oxygen atoms in total. The molecule has 0 bridgehead atoms. The summed E-state index contributed by atoms with van der Waals surface area (Å²) in [6, 6.07) is 6.31. The second-order valence-electron chi connectivity index (χ2n) is 8.02. The number of carbonyl (C=O) groups excluding carboxylic acids is 5. The van der Waals surface area contributed by atoms with Crippen LogP contribution >= 0.6 is 0 Å². The smallest absolute Gasteiger partial charge is 0.308 e. The lowest BCUT2D eigenvalue weighted by Crippen LogP contribution is -2.27. The van der Waals surface area contributed by atoms with E-state index in [1.165, 1.54) is 32.9 Å². The molecular weight excluding hydrogens is 440 g/mol. The molecule has 8 heteroatoms. The van der Waals surface area contributed by atoms with Gasteiger partial charge < -0.3 is 14.2 Å². The number of carbonyl (C=O) groups is 5. The molecule has 0 N–H and O–H groups in total. The molecule has 4 rings (SSSR count). The molecule has 0 unspecified atom stereocenters. The van der Waals surface area contributed by atoms with Gasteiger partial charge in [0, 0.05) is 49.4 Å². The van der Waals surface area contributed by atoms with Gasteiger partial charge in [0.15, 0.2) is 11.6 Å². The first-order valence-electron chi connectivity index (χ1n) is 10.7. The molecule has 0 spiro atoms. The van der Waals surface area contributed by atoms with Crippen molar-refractivity contribution in [2.45, 2.75) is 40.0 Å². The molecule has 173 valence electrons. The Balaban J connectivity index is 1.92. The molecule has 2 aromatic rings. The first-order valence-corrected chi connectivity index (χ1v) is 10.7. The fourth-order valence-corrected chi connectivity index (χ4v) is 4.23. The van der Waals surface area contributed by atoms with E-state index < -0.39 is 29.5 Å². The lowest BCUT2D eigenvalue weighted by molar-refractivity contribution is -0.141. The van der Waals surface area contributed by atoms with Gasteiger partial charge >= 0.3 is 17.9 Å². The zero-order valence-corrected chi connectivity index (χ0v) is 18.9. The molecule has 0 saturated heterocycles. The minimum atomic E-state index is -0.671. The normalized spacial score (nSPS) is 14.6. The molecular formula is C26H21O8. The molecule has 0 aromatic heterocycles. The SMILES string of the molecule is CC(=O)OCC[C]1C[C]c2c(c(OC(C)=O)c3c(c2OC(C)=O)C(=O)c2ccccc2C3=O)C1. The van der Waals surface area contributed by atoms with Gasteiger partial charge in [-0.2, -0.15) is 0 Å². The summed E-state index contributed by atoms with van der Waals surface area (Å²) in [5.41, 5.74) is 0.829. The van der Waals surface area contributed by atoms with Crippen molar-refractivity contribution in [3.8, 4) is 11.5 Å². The van der Waals surface area contributed by atoms with Crippen molar-refractivity contribution in [3.05, 3.63) is 70.0 Å². The van der Waals surface area contributed by atoms with Gasteiger partial charge in [-0.1, -0.05) is 24.3 Å². The Labute approximate surface area is 196 Å². The number of fused-ring (bicyclic) bond motifs is 3. The average molecular weight is 461 g/mol. The number of ether oxygens (including phenoxy) is 3. The highest BCUT2D eigenvalue weighted by Gasteiger charge is 2.41. The summed E-state index contributed by atoms with van der Waals surface area (Å²) in [6.07, 6.45) is 4.18. The maximum absolute atomic E-state index is 13.5. The van der Waals surface area contributed by atoms with Crippen molar-refractivity contribution in [2.75, 3.05) is 6.61 Å². The van der Waals surface area contributed by atoms with Crippen LogP contribution in [-0.4, -0.2) is 36.1 Å². The maximum Gasteiger partial charge on any atom is 0.308 e. The molecule has 34 heavy (non-hydrogen) atoms. The highest BCUT2D eigenvalue weighted by Crippen LogP contribution is 2.48. The first-order chi connectivity index (χ1) is 16.2. The van der Waals surface area contributed by atoms with Crippen molar-refractivity contribution in [1.29, 1.82) is 0 Å². The van der Waals surface area contributed by atoms with Gasteiger partial charge in [0.25, 0.3) is 0 Å². The second kappa shape index (κ2) is 9.21. The van der Waals surface area contributed by atoms with E-state index in [1.54, 1.807) is 12.1 Å². The minimum Gasteiger partial charge on any atom is -0.466 e. The maximum atomic E-state index is 13.5. The quantitative estimate of drug-likeness (QED) is 0.420. The van der Waals surface area contributed by atoms with E-state index in [9.17, 15) is 24.0 Å². The van der Waals surface area contributed by atoms with Gasteiger partial charge in [-0.05, 0) is 25.2 Å². The fourth-order valence-electron chi connectivity index (χ4n) is 4.23. The van der Waals surface area contributed by atoms with Crippen molar-refractivity contribution < 1.29 is 38.2 Å². The average Bonchev–Trinajstić information content (AvgIpc) is 2.78. The Hall–Kier alpha value is -3.81. The lowest BCUT2D eigenvalue weighted by atomic mass is 9.75. The third-order valence-corrected chi connectivity index (χ3v) is 5.57. The molecule has 0 aliphatic heterocycles.